The summed E-state index contributed by atoms with van der Waals surface area (Å²) >= 11 is 0. The van der Waals surface area contributed by atoms with Crippen LogP contribution in [0, 0.1) is 0 Å². The van der Waals surface area contributed by atoms with Gasteiger partial charge in [-0.2, -0.15) is 4.57 Å². The quantitative estimate of drug-likeness (QED) is 0.291. The number of hydrogen-bond acceptors (Lipinski definition) is 7. The number of aryl methyl sites for hydroxylation is 2. The van der Waals surface area contributed by atoms with Gasteiger partial charge in [0.2, 0.25) is 12.5 Å². The van der Waals surface area contributed by atoms with Crippen LogP contribution in [-0.4, -0.2) is 75.7 Å². The van der Waals surface area contributed by atoms with Gasteiger partial charge >= 0.3 is 6.09 Å². The molecule has 3 aromatic rings. The lowest BCUT2D eigenvalue weighted by atomic mass is 9.95. The fraction of sp³-hybridized carbons (Fsp3) is 0.448. The first kappa shape index (κ1) is 27.3. The van der Waals surface area contributed by atoms with E-state index in [2.05, 4.69) is 39.9 Å². The predicted octanol–water partition coefficient (Wildman–Crippen LogP) is 0.635. The second-order valence-electron chi connectivity index (χ2n) is 9.79. The lowest BCUT2D eigenvalue weighted by Crippen LogP contribution is -3.00. The Kier molecular flexibility index (Phi) is 8.32. The van der Waals surface area contributed by atoms with Crippen molar-refractivity contribution in [3.63, 3.8) is 0 Å². The second-order valence-corrected chi connectivity index (χ2v) is 9.79. The number of methoxy groups -OCH3 is 1. The van der Waals surface area contributed by atoms with Crippen LogP contribution in [0.25, 0.3) is 22.0 Å². The van der Waals surface area contributed by atoms with Crippen LogP contribution in [0.4, 0.5) is 4.79 Å². The van der Waals surface area contributed by atoms with Crippen molar-refractivity contribution in [1.82, 2.24) is 9.80 Å². The maximum Gasteiger partial charge on any atom is 0.409 e. The van der Waals surface area contributed by atoms with E-state index in [1.165, 1.54) is 11.1 Å². The van der Waals surface area contributed by atoms with Gasteiger partial charge in [-0.25, -0.2) is 4.79 Å². The number of hydrogen-bond donors (Lipinski definition) is 0. The number of halogens is 1. The molecule has 208 valence electrons. The maximum atomic E-state index is 11.9. The first-order valence-electron chi connectivity index (χ1n) is 13.4. The number of carbonyl (C=O) groups excluding carboxylic acids is 1. The van der Waals surface area contributed by atoms with E-state index >= 15 is 0 Å². The molecule has 3 aliphatic rings. The molecule has 4 heterocycles. The Bertz CT molecular complexity index is 1360. The summed E-state index contributed by atoms with van der Waals surface area (Å²) < 4.78 is 30.7. The lowest BCUT2D eigenvalue weighted by molar-refractivity contribution is -0.686. The highest BCUT2D eigenvalue weighted by atomic mass is 79.9. The zero-order chi connectivity index (χ0) is 26.1. The van der Waals surface area contributed by atoms with Crippen LogP contribution >= 0.6 is 0 Å². The molecule has 39 heavy (non-hydrogen) atoms. The molecule has 0 radical (unpaired) electrons. The molecule has 0 unspecified atom stereocenters. The average Bonchev–Trinajstić information content (AvgIpc) is 3.41. The van der Waals surface area contributed by atoms with E-state index in [0.717, 1.165) is 78.5 Å². The normalized spacial score (nSPS) is 15.8. The fourth-order valence-electron chi connectivity index (χ4n) is 5.54. The van der Waals surface area contributed by atoms with Crippen molar-refractivity contribution in [2.24, 2.45) is 0 Å². The summed E-state index contributed by atoms with van der Waals surface area (Å²) in [5.74, 6) is 3.15. The molecule has 10 heteroatoms. The van der Waals surface area contributed by atoms with Crippen molar-refractivity contribution in [3.05, 3.63) is 42.1 Å². The molecule has 1 fully saturated rings. The monoisotopic (exact) mass is 599 g/mol. The Labute approximate surface area is 238 Å². The van der Waals surface area contributed by atoms with Gasteiger partial charge in [-0.3, -0.25) is 4.90 Å². The SMILES string of the molecule is CCOC(=O)N1CCN(CCCOc2c(OC)ccc3cc4[n+](cc23)CCc2cc3c(cc2-4)OCO3)CC1.[Br-]. The average molecular weight is 601 g/mol. The summed E-state index contributed by atoms with van der Waals surface area (Å²) in [6.45, 7) is 8.00. The Balaban J connectivity index is 0.00000308. The number of ether oxygens (including phenoxy) is 5. The molecule has 0 aliphatic carbocycles. The molecule has 3 aliphatic heterocycles. The highest BCUT2D eigenvalue weighted by Crippen LogP contribution is 2.41. The highest BCUT2D eigenvalue weighted by Gasteiger charge is 2.29. The number of rotatable bonds is 7. The molecule has 6 rings (SSSR count). The van der Waals surface area contributed by atoms with Crippen LogP contribution < -0.4 is 40.5 Å². The number of pyridine rings is 1. The van der Waals surface area contributed by atoms with Crippen LogP contribution in [0.2, 0.25) is 0 Å². The Morgan fingerprint density at radius 1 is 1.08 bits per heavy atom. The van der Waals surface area contributed by atoms with Crippen molar-refractivity contribution in [2.45, 2.75) is 26.3 Å². The molecular weight excluding hydrogens is 566 g/mol. The van der Waals surface area contributed by atoms with Gasteiger partial charge in [0.15, 0.2) is 35.7 Å². The summed E-state index contributed by atoms with van der Waals surface area (Å²) in [7, 11) is 1.68. The molecule has 0 saturated carbocycles. The molecule has 0 spiro atoms. The van der Waals surface area contributed by atoms with Crippen LogP contribution in [0.15, 0.2) is 36.5 Å². The molecule has 9 nitrogen and oxygen atoms in total. The van der Waals surface area contributed by atoms with Crippen LogP contribution in [0.5, 0.6) is 23.0 Å². The van der Waals surface area contributed by atoms with E-state index in [-0.39, 0.29) is 29.9 Å². The maximum absolute atomic E-state index is 11.9. The smallest absolute Gasteiger partial charge is 0.409 e. The van der Waals surface area contributed by atoms with E-state index in [1.807, 2.05) is 13.0 Å². The number of aromatic nitrogens is 1. The predicted molar refractivity (Wildman–Crippen MR) is 141 cm³/mol. The van der Waals surface area contributed by atoms with Gasteiger partial charge in [0.1, 0.15) is 0 Å². The third-order valence-corrected chi connectivity index (χ3v) is 7.56. The minimum absolute atomic E-state index is 0. The molecule has 1 amide bonds. The Hall–Kier alpha value is -3.24. The molecule has 1 saturated heterocycles. The Morgan fingerprint density at radius 2 is 1.87 bits per heavy atom. The van der Waals surface area contributed by atoms with Gasteiger partial charge in [0, 0.05) is 45.2 Å². The number of carbonyl (C=O) groups is 1. The second kappa shape index (κ2) is 11.9. The standard InChI is InChI=1S/C29H34N3O6.BrH/c1-3-35-29(33)31-12-10-30(11-13-31)8-4-14-36-28-23-18-32-9-7-21-16-26-27(38-19-37-26)17-22(21)24(32)15-20(23)5-6-25(28)34-2;/h5-6,15-18H,3-4,7-14,19H2,1-2H3;1H/q+1;/p-1. The number of piperazine rings is 1. The van der Waals surface area contributed by atoms with Crippen molar-refractivity contribution in [1.29, 1.82) is 0 Å². The third kappa shape index (κ3) is 5.45. The van der Waals surface area contributed by atoms with E-state index in [4.69, 9.17) is 23.7 Å². The minimum Gasteiger partial charge on any atom is -1.00 e. The summed E-state index contributed by atoms with van der Waals surface area (Å²) in [6, 6.07) is 10.5. The fourth-order valence-corrected chi connectivity index (χ4v) is 5.54. The van der Waals surface area contributed by atoms with E-state index in [1.54, 1.807) is 12.0 Å². The van der Waals surface area contributed by atoms with E-state index in [9.17, 15) is 4.79 Å². The number of amides is 1. The number of benzene rings is 2. The van der Waals surface area contributed by atoms with Crippen molar-refractivity contribution in [2.75, 3.05) is 59.8 Å². The zero-order valence-corrected chi connectivity index (χ0v) is 24.0. The third-order valence-electron chi connectivity index (χ3n) is 7.56. The summed E-state index contributed by atoms with van der Waals surface area (Å²) in [4.78, 5) is 16.1. The van der Waals surface area contributed by atoms with Crippen LogP contribution in [0.1, 0.15) is 18.9 Å². The van der Waals surface area contributed by atoms with Gasteiger partial charge < -0.3 is 45.6 Å². The van der Waals surface area contributed by atoms with Crippen LogP contribution in [-0.2, 0) is 17.7 Å². The van der Waals surface area contributed by atoms with Crippen molar-refractivity contribution in [3.8, 4) is 34.3 Å². The number of fused-ring (bicyclic) bond motifs is 5. The first-order chi connectivity index (χ1) is 18.6. The van der Waals surface area contributed by atoms with Crippen molar-refractivity contribution < 1.29 is 50.0 Å². The zero-order valence-electron chi connectivity index (χ0n) is 22.4. The molecule has 1 aromatic heterocycles. The van der Waals surface area contributed by atoms with Gasteiger partial charge in [-0.05, 0) is 48.6 Å². The van der Waals surface area contributed by atoms with Gasteiger partial charge in [-0.1, -0.05) is 0 Å². The summed E-state index contributed by atoms with van der Waals surface area (Å²) in [5, 5.41) is 2.15. The number of nitrogens with zero attached hydrogens (tertiary/aromatic N) is 3. The molecule has 2 aromatic carbocycles. The van der Waals surface area contributed by atoms with E-state index < -0.39 is 0 Å². The summed E-state index contributed by atoms with van der Waals surface area (Å²) in [5.41, 5.74) is 3.63. The molecule has 0 N–H and O–H groups in total. The molecule has 0 bridgehead atoms. The van der Waals surface area contributed by atoms with Crippen LogP contribution in [0.3, 0.4) is 0 Å². The minimum atomic E-state index is -0.215. The van der Waals surface area contributed by atoms with Crippen molar-refractivity contribution >= 4 is 16.9 Å². The highest BCUT2D eigenvalue weighted by molar-refractivity contribution is 5.91. The Morgan fingerprint density at radius 3 is 2.64 bits per heavy atom. The van der Waals surface area contributed by atoms with Gasteiger partial charge in [-0.15, -0.1) is 0 Å². The van der Waals surface area contributed by atoms with Gasteiger partial charge in [0.05, 0.1) is 31.3 Å². The largest absolute Gasteiger partial charge is 1.00 e. The lowest BCUT2D eigenvalue weighted by Gasteiger charge is -2.33. The van der Waals surface area contributed by atoms with Gasteiger partial charge in [0.25, 0.3) is 0 Å². The topological polar surface area (TPSA) is 73.6 Å². The molecule has 0 atom stereocenters. The molecular formula is C29H34BrN3O6. The van der Waals surface area contributed by atoms with E-state index in [0.29, 0.717) is 26.3 Å². The first-order valence-corrected chi connectivity index (χ1v) is 13.4. The summed E-state index contributed by atoms with van der Waals surface area (Å²) in [6.07, 6.45) is 3.79.